The summed E-state index contributed by atoms with van der Waals surface area (Å²) in [5.74, 6) is -1.63. The van der Waals surface area contributed by atoms with Crippen LogP contribution in [0.1, 0.15) is 28.2 Å². The van der Waals surface area contributed by atoms with E-state index in [-0.39, 0.29) is 10.7 Å². The second-order valence-corrected chi connectivity index (χ2v) is 9.22. The van der Waals surface area contributed by atoms with Crippen molar-refractivity contribution in [3.05, 3.63) is 87.6 Å². The maximum atomic E-state index is 13.7. The van der Waals surface area contributed by atoms with Crippen LogP contribution in [0.15, 0.2) is 71.3 Å². The Morgan fingerprint density at radius 3 is 2.82 bits per heavy atom. The van der Waals surface area contributed by atoms with E-state index in [2.05, 4.69) is 4.98 Å². The average molecular weight is 481 g/mol. The summed E-state index contributed by atoms with van der Waals surface area (Å²) in [5, 5.41) is 12.9. The lowest BCUT2D eigenvalue weighted by Gasteiger charge is -2.24. The molecule has 0 bridgehead atoms. The normalized spacial score (nSPS) is 16.1. The molecule has 5 rings (SSSR count). The summed E-state index contributed by atoms with van der Waals surface area (Å²) in [6, 6.07) is 13.7. The number of nitrogens with zero attached hydrogens (tertiary/aromatic N) is 2. The van der Waals surface area contributed by atoms with Crippen molar-refractivity contribution in [2.75, 3.05) is 11.5 Å². The number of thiophene rings is 1. The number of benzene rings is 2. The molecule has 0 saturated carbocycles. The van der Waals surface area contributed by atoms with Crippen LogP contribution in [0.2, 0.25) is 0 Å². The highest BCUT2D eigenvalue weighted by Gasteiger charge is 2.46. The van der Waals surface area contributed by atoms with Gasteiger partial charge in [0.15, 0.2) is 10.9 Å². The van der Waals surface area contributed by atoms with Gasteiger partial charge in [0.25, 0.3) is 5.91 Å². The SMILES string of the molecule is CCOc1cccc(C2C(C(=O)c3cccs3)=C(O)C(=O)N2c2nc3ccc(F)cc3s2)c1. The van der Waals surface area contributed by atoms with Crippen LogP contribution < -0.4 is 9.64 Å². The quantitative estimate of drug-likeness (QED) is 0.359. The Bertz CT molecular complexity index is 1410. The Kier molecular flexibility index (Phi) is 5.43. The van der Waals surface area contributed by atoms with Gasteiger partial charge in [0, 0.05) is 0 Å². The van der Waals surface area contributed by atoms with E-state index in [4.69, 9.17) is 4.74 Å². The number of aromatic nitrogens is 1. The van der Waals surface area contributed by atoms with Gasteiger partial charge in [-0.1, -0.05) is 29.5 Å². The molecule has 0 spiro atoms. The van der Waals surface area contributed by atoms with Crippen molar-refractivity contribution in [1.82, 2.24) is 4.98 Å². The Morgan fingerprint density at radius 2 is 2.06 bits per heavy atom. The van der Waals surface area contributed by atoms with E-state index in [0.717, 1.165) is 11.3 Å². The van der Waals surface area contributed by atoms with Crippen LogP contribution in [-0.2, 0) is 4.79 Å². The van der Waals surface area contributed by atoms with Crippen LogP contribution in [0.25, 0.3) is 10.2 Å². The number of ether oxygens (including phenoxy) is 1. The molecule has 0 aliphatic carbocycles. The maximum Gasteiger partial charge on any atom is 0.296 e. The molecule has 2 aromatic carbocycles. The van der Waals surface area contributed by atoms with Crippen molar-refractivity contribution in [3.63, 3.8) is 0 Å². The molecule has 166 valence electrons. The third-order valence-electron chi connectivity index (χ3n) is 5.23. The molecule has 1 aliphatic rings. The number of aliphatic hydroxyl groups excluding tert-OH is 1. The lowest BCUT2D eigenvalue weighted by molar-refractivity contribution is -0.117. The number of hydrogen-bond acceptors (Lipinski definition) is 7. The number of carbonyl (C=O) groups excluding carboxylic acids is 2. The summed E-state index contributed by atoms with van der Waals surface area (Å²) < 4.78 is 19.9. The number of aliphatic hydroxyl groups is 1. The molecule has 1 atom stereocenters. The Balaban J connectivity index is 1.68. The van der Waals surface area contributed by atoms with Gasteiger partial charge >= 0.3 is 0 Å². The largest absolute Gasteiger partial charge is 0.503 e. The van der Waals surface area contributed by atoms with Gasteiger partial charge in [-0.15, -0.1) is 11.3 Å². The van der Waals surface area contributed by atoms with E-state index in [1.165, 1.54) is 34.4 Å². The van der Waals surface area contributed by atoms with Crippen molar-refractivity contribution in [2.24, 2.45) is 0 Å². The molecule has 1 N–H and O–H groups in total. The van der Waals surface area contributed by atoms with Gasteiger partial charge in [-0.2, -0.15) is 0 Å². The molecule has 3 heterocycles. The topological polar surface area (TPSA) is 79.7 Å². The average Bonchev–Trinajstić information content (AvgIpc) is 3.53. The molecular formula is C24H17FN2O4S2. The molecule has 4 aromatic rings. The van der Waals surface area contributed by atoms with Crippen molar-refractivity contribution >= 4 is 49.7 Å². The van der Waals surface area contributed by atoms with Crippen LogP contribution in [-0.4, -0.2) is 28.4 Å². The first-order chi connectivity index (χ1) is 16.0. The first kappa shape index (κ1) is 21.3. The molecule has 0 saturated heterocycles. The number of ketones is 1. The van der Waals surface area contributed by atoms with Crippen molar-refractivity contribution in [3.8, 4) is 5.75 Å². The number of hydrogen-bond donors (Lipinski definition) is 1. The van der Waals surface area contributed by atoms with E-state index < -0.39 is 29.3 Å². The Morgan fingerprint density at radius 1 is 1.21 bits per heavy atom. The smallest absolute Gasteiger partial charge is 0.296 e. The van der Waals surface area contributed by atoms with Crippen molar-refractivity contribution in [1.29, 1.82) is 0 Å². The highest BCUT2D eigenvalue weighted by Crippen LogP contribution is 2.45. The monoisotopic (exact) mass is 480 g/mol. The minimum atomic E-state index is -0.919. The van der Waals surface area contributed by atoms with E-state index in [1.54, 1.807) is 41.8 Å². The fourth-order valence-electron chi connectivity index (χ4n) is 3.82. The molecule has 0 fully saturated rings. The third kappa shape index (κ3) is 3.69. The number of amides is 1. The number of thiazole rings is 1. The fourth-order valence-corrected chi connectivity index (χ4v) is 5.52. The summed E-state index contributed by atoms with van der Waals surface area (Å²) in [6.45, 7) is 2.30. The fraction of sp³-hybridized carbons (Fsp3) is 0.125. The summed E-state index contributed by atoms with van der Waals surface area (Å²) >= 11 is 2.34. The zero-order chi connectivity index (χ0) is 23.1. The standard InChI is InChI=1S/C24H17FN2O4S2/c1-2-31-15-6-3-5-13(11-15)20-19(21(28)17-7-4-10-32-17)22(29)23(30)27(20)24-26-16-9-8-14(25)12-18(16)33-24/h3-12,20,29H,2H2,1H3. The van der Waals surface area contributed by atoms with Gasteiger partial charge in [-0.25, -0.2) is 9.37 Å². The number of rotatable bonds is 6. The highest BCUT2D eigenvalue weighted by atomic mass is 32.1. The van der Waals surface area contributed by atoms with Gasteiger partial charge in [0.05, 0.1) is 33.3 Å². The molecule has 33 heavy (non-hydrogen) atoms. The molecule has 1 unspecified atom stereocenters. The van der Waals surface area contributed by atoms with E-state index in [1.807, 2.05) is 6.92 Å². The number of fused-ring (bicyclic) bond motifs is 1. The molecule has 9 heteroatoms. The van der Waals surface area contributed by atoms with Gasteiger partial charge in [-0.3, -0.25) is 14.5 Å². The zero-order valence-corrected chi connectivity index (χ0v) is 19.0. The Hall–Kier alpha value is -3.56. The van der Waals surface area contributed by atoms with Crippen LogP contribution in [0, 0.1) is 5.82 Å². The minimum Gasteiger partial charge on any atom is -0.503 e. The van der Waals surface area contributed by atoms with Crippen LogP contribution in [0.3, 0.4) is 0 Å². The molecule has 1 aliphatic heterocycles. The van der Waals surface area contributed by atoms with Gasteiger partial charge in [0.1, 0.15) is 11.6 Å². The van der Waals surface area contributed by atoms with Gasteiger partial charge < -0.3 is 9.84 Å². The second-order valence-electron chi connectivity index (χ2n) is 7.26. The Labute approximate surface area is 196 Å². The number of anilines is 1. The first-order valence-corrected chi connectivity index (χ1v) is 11.8. The predicted molar refractivity (Wildman–Crippen MR) is 126 cm³/mol. The van der Waals surface area contributed by atoms with Crippen molar-refractivity contribution < 1.29 is 23.8 Å². The van der Waals surface area contributed by atoms with E-state index >= 15 is 0 Å². The van der Waals surface area contributed by atoms with Crippen LogP contribution in [0.5, 0.6) is 5.75 Å². The summed E-state index contributed by atoms with van der Waals surface area (Å²) in [7, 11) is 0. The van der Waals surface area contributed by atoms with Crippen molar-refractivity contribution in [2.45, 2.75) is 13.0 Å². The summed E-state index contributed by atoms with van der Waals surface area (Å²) in [6.07, 6.45) is 0. The number of Topliss-reactive ketones (excluding diaryl/α,β-unsaturated/α-hetero) is 1. The molecule has 6 nitrogen and oxygen atoms in total. The summed E-state index contributed by atoms with van der Waals surface area (Å²) in [5.41, 5.74) is 1.08. The lowest BCUT2D eigenvalue weighted by atomic mass is 9.95. The van der Waals surface area contributed by atoms with Crippen LogP contribution >= 0.6 is 22.7 Å². The van der Waals surface area contributed by atoms with Gasteiger partial charge in [-0.05, 0) is 54.3 Å². The molecule has 1 amide bonds. The lowest BCUT2D eigenvalue weighted by Crippen LogP contribution is -2.30. The predicted octanol–water partition coefficient (Wildman–Crippen LogP) is 5.68. The van der Waals surface area contributed by atoms with E-state index in [9.17, 15) is 19.1 Å². The molecular weight excluding hydrogens is 463 g/mol. The van der Waals surface area contributed by atoms with Crippen LogP contribution in [0.4, 0.5) is 9.52 Å². The highest BCUT2D eigenvalue weighted by molar-refractivity contribution is 7.22. The van der Waals surface area contributed by atoms with E-state index in [0.29, 0.717) is 33.0 Å². The molecule has 2 aromatic heterocycles. The third-order valence-corrected chi connectivity index (χ3v) is 7.11. The number of halogens is 1. The summed E-state index contributed by atoms with van der Waals surface area (Å²) in [4.78, 5) is 32.8. The second kappa shape index (κ2) is 8.42. The van der Waals surface area contributed by atoms with Gasteiger partial charge in [0.2, 0.25) is 5.78 Å². The first-order valence-electron chi connectivity index (χ1n) is 10.1. The molecule has 0 radical (unpaired) electrons. The number of carbonyl (C=O) groups is 2. The minimum absolute atomic E-state index is 0.0264. The maximum absolute atomic E-state index is 13.7. The zero-order valence-electron chi connectivity index (χ0n) is 17.3.